The number of nitrogens with one attached hydrogen (secondary N) is 4. The molecule has 35 heavy (non-hydrogen) atoms. The van der Waals surface area contributed by atoms with E-state index in [9.17, 15) is 9.59 Å². The molecule has 5 rings (SSSR count). The molecule has 0 bridgehead atoms. The Morgan fingerprint density at radius 1 is 0.886 bits per heavy atom. The second-order valence-electron chi connectivity index (χ2n) is 8.70. The summed E-state index contributed by atoms with van der Waals surface area (Å²) in [5.74, 6) is -0.521. The molecule has 0 saturated carbocycles. The Morgan fingerprint density at radius 2 is 1.66 bits per heavy atom. The van der Waals surface area contributed by atoms with Gasteiger partial charge in [0.1, 0.15) is 6.04 Å². The lowest BCUT2D eigenvalue weighted by molar-refractivity contribution is -0.118. The summed E-state index contributed by atoms with van der Waals surface area (Å²) in [5, 5.41) is 10.3. The standard InChI is InChI=1S/C28H29N5O2/c34-27(22-9-6-11-23-21(22)13-14-30-23)32-25(19-20-7-2-1-3-8-20)28(35)31-24-10-4-5-12-26(24)33-17-15-29-16-18-33/h1-14,25,29-30H,15-19H2,(H,31,35)(H,32,34). The summed E-state index contributed by atoms with van der Waals surface area (Å²) in [6.07, 6.45) is 2.19. The molecular weight excluding hydrogens is 438 g/mol. The van der Waals surface area contributed by atoms with Crippen molar-refractivity contribution in [3.63, 3.8) is 0 Å². The number of benzene rings is 3. The molecule has 1 saturated heterocycles. The SMILES string of the molecule is O=C(NC(Cc1ccccc1)C(=O)Nc1ccccc1N1CCNCC1)c1cccc2[nH]ccc12. The van der Waals surface area contributed by atoms with E-state index in [1.807, 2.05) is 79.0 Å². The molecule has 7 heteroatoms. The third-order valence-electron chi connectivity index (χ3n) is 6.36. The van der Waals surface area contributed by atoms with Crippen LogP contribution in [-0.2, 0) is 11.2 Å². The lowest BCUT2D eigenvalue weighted by Gasteiger charge is -2.31. The highest BCUT2D eigenvalue weighted by atomic mass is 16.2. The largest absolute Gasteiger partial charge is 0.367 e. The van der Waals surface area contributed by atoms with Gasteiger partial charge in [0.05, 0.1) is 11.4 Å². The topological polar surface area (TPSA) is 89.3 Å². The Labute approximate surface area is 204 Å². The molecule has 4 N–H and O–H groups in total. The van der Waals surface area contributed by atoms with Crippen LogP contribution < -0.4 is 20.9 Å². The van der Waals surface area contributed by atoms with Gasteiger partial charge in [-0.3, -0.25) is 9.59 Å². The highest BCUT2D eigenvalue weighted by Gasteiger charge is 2.24. The summed E-state index contributed by atoms with van der Waals surface area (Å²) in [7, 11) is 0. The normalized spacial score (nSPS) is 14.5. The smallest absolute Gasteiger partial charge is 0.252 e. The summed E-state index contributed by atoms with van der Waals surface area (Å²) in [6, 6.07) is 24.3. The van der Waals surface area contributed by atoms with Crippen LogP contribution in [0.4, 0.5) is 11.4 Å². The minimum atomic E-state index is -0.741. The van der Waals surface area contributed by atoms with Gasteiger partial charge in [-0.1, -0.05) is 48.5 Å². The van der Waals surface area contributed by atoms with Gasteiger partial charge in [0.25, 0.3) is 5.91 Å². The first-order valence-corrected chi connectivity index (χ1v) is 12.0. The van der Waals surface area contributed by atoms with Crippen molar-refractivity contribution in [2.24, 2.45) is 0 Å². The maximum Gasteiger partial charge on any atom is 0.252 e. The fourth-order valence-corrected chi connectivity index (χ4v) is 4.56. The molecule has 2 heterocycles. The minimum absolute atomic E-state index is 0.244. The van der Waals surface area contributed by atoms with Gasteiger partial charge in [-0.2, -0.15) is 0 Å². The Balaban J connectivity index is 1.40. The Morgan fingerprint density at radius 3 is 2.49 bits per heavy atom. The first kappa shape index (κ1) is 22.7. The summed E-state index contributed by atoms with van der Waals surface area (Å²) in [6.45, 7) is 3.55. The average molecular weight is 468 g/mol. The third-order valence-corrected chi connectivity index (χ3v) is 6.36. The predicted molar refractivity (Wildman–Crippen MR) is 140 cm³/mol. The van der Waals surface area contributed by atoms with E-state index in [0.717, 1.165) is 54.0 Å². The van der Waals surface area contributed by atoms with Crippen molar-refractivity contribution in [1.82, 2.24) is 15.6 Å². The molecule has 1 unspecified atom stereocenters. The number of H-pyrrole nitrogens is 1. The first-order valence-electron chi connectivity index (χ1n) is 12.0. The van der Waals surface area contributed by atoms with E-state index < -0.39 is 6.04 Å². The number of aromatic nitrogens is 1. The number of hydrogen-bond acceptors (Lipinski definition) is 4. The highest BCUT2D eigenvalue weighted by Crippen LogP contribution is 2.26. The van der Waals surface area contributed by atoms with E-state index in [1.54, 1.807) is 6.07 Å². The number of carbonyl (C=O) groups excluding carboxylic acids is 2. The van der Waals surface area contributed by atoms with Crippen LogP contribution in [0.3, 0.4) is 0 Å². The van der Waals surface area contributed by atoms with E-state index >= 15 is 0 Å². The Bertz CT molecular complexity index is 1310. The van der Waals surface area contributed by atoms with Gasteiger partial charge in [0, 0.05) is 55.3 Å². The zero-order chi connectivity index (χ0) is 24.0. The molecule has 1 fully saturated rings. The Hall–Kier alpha value is -4.10. The molecule has 0 spiro atoms. The van der Waals surface area contributed by atoms with Gasteiger partial charge >= 0.3 is 0 Å². The van der Waals surface area contributed by atoms with E-state index in [-0.39, 0.29) is 11.8 Å². The number of carbonyl (C=O) groups is 2. The number of hydrogen-bond donors (Lipinski definition) is 4. The summed E-state index contributed by atoms with van der Waals surface area (Å²) < 4.78 is 0. The average Bonchev–Trinajstić information content (AvgIpc) is 3.39. The van der Waals surface area contributed by atoms with Crippen LogP contribution in [0.15, 0.2) is 85.1 Å². The van der Waals surface area contributed by atoms with Crippen molar-refractivity contribution in [3.05, 3.63) is 96.2 Å². The number of aromatic amines is 1. The number of para-hydroxylation sites is 2. The summed E-state index contributed by atoms with van der Waals surface area (Å²) in [5.41, 5.74) is 4.13. The van der Waals surface area contributed by atoms with Gasteiger partial charge in [0.15, 0.2) is 0 Å². The number of amides is 2. The fraction of sp³-hybridized carbons (Fsp3) is 0.214. The number of rotatable bonds is 7. The molecule has 0 radical (unpaired) electrons. The van der Waals surface area contributed by atoms with Crippen molar-refractivity contribution in [1.29, 1.82) is 0 Å². The van der Waals surface area contributed by atoms with E-state index in [1.165, 1.54) is 0 Å². The molecule has 178 valence electrons. The predicted octanol–water partition coefficient (Wildman–Crippen LogP) is 3.56. The minimum Gasteiger partial charge on any atom is -0.367 e. The molecule has 1 aromatic heterocycles. The molecule has 0 aliphatic carbocycles. The quantitative estimate of drug-likeness (QED) is 0.335. The van der Waals surface area contributed by atoms with Crippen LogP contribution in [0.5, 0.6) is 0 Å². The molecule has 2 amide bonds. The van der Waals surface area contributed by atoms with Gasteiger partial charge in [-0.25, -0.2) is 0 Å². The second kappa shape index (κ2) is 10.4. The molecule has 3 aromatic carbocycles. The lowest BCUT2D eigenvalue weighted by Crippen LogP contribution is -2.46. The number of anilines is 2. The van der Waals surface area contributed by atoms with Gasteiger partial charge in [-0.15, -0.1) is 0 Å². The third kappa shape index (κ3) is 5.20. The van der Waals surface area contributed by atoms with Crippen LogP contribution >= 0.6 is 0 Å². The number of piperazine rings is 1. The highest BCUT2D eigenvalue weighted by molar-refractivity contribution is 6.08. The monoisotopic (exact) mass is 467 g/mol. The van der Waals surface area contributed by atoms with Gasteiger partial charge in [0.2, 0.25) is 5.91 Å². The number of fused-ring (bicyclic) bond motifs is 1. The van der Waals surface area contributed by atoms with Crippen molar-refractivity contribution in [3.8, 4) is 0 Å². The molecule has 1 aliphatic heterocycles. The van der Waals surface area contributed by atoms with Crippen LogP contribution in [0.1, 0.15) is 15.9 Å². The summed E-state index contributed by atoms with van der Waals surface area (Å²) in [4.78, 5) is 32.3. The van der Waals surface area contributed by atoms with Gasteiger partial charge in [-0.05, 0) is 35.9 Å². The maximum absolute atomic E-state index is 13.6. The molecule has 4 aromatic rings. The number of nitrogens with zero attached hydrogens (tertiary/aromatic N) is 1. The van der Waals surface area contributed by atoms with Crippen LogP contribution in [0.2, 0.25) is 0 Å². The van der Waals surface area contributed by atoms with Crippen LogP contribution in [-0.4, -0.2) is 49.0 Å². The van der Waals surface area contributed by atoms with Gasteiger partial charge < -0.3 is 25.8 Å². The first-order chi connectivity index (χ1) is 17.2. The second-order valence-corrected chi connectivity index (χ2v) is 8.70. The summed E-state index contributed by atoms with van der Waals surface area (Å²) >= 11 is 0. The lowest BCUT2D eigenvalue weighted by atomic mass is 10.0. The van der Waals surface area contributed by atoms with Crippen molar-refractivity contribution >= 4 is 34.1 Å². The van der Waals surface area contributed by atoms with Crippen molar-refractivity contribution in [2.75, 3.05) is 36.4 Å². The molecule has 1 atom stereocenters. The molecule has 7 nitrogen and oxygen atoms in total. The zero-order valence-electron chi connectivity index (χ0n) is 19.5. The molecule has 1 aliphatic rings. The van der Waals surface area contributed by atoms with Crippen molar-refractivity contribution < 1.29 is 9.59 Å². The van der Waals surface area contributed by atoms with Crippen LogP contribution in [0, 0.1) is 0 Å². The van der Waals surface area contributed by atoms with E-state index in [4.69, 9.17) is 0 Å². The Kier molecular flexibility index (Phi) is 6.77. The van der Waals surface area contributed by atoms with E-state index in [2.05, 4.69) is 25.8 Å². The molecular formula is C28H29N5O2. The van der Waals surface area contributed by atoms with E-state index in [0.29, 0.717) is 12.0 Å². The zero-order valence-corrected chi connectivity index (χ0v) is 19.5. The fourth-order valence-electron chi connectivity index (χ4n) is 4.56. The maximum atomic E-state index is 13.6. The van der Waals surface area contributed by atoms with Crippen LogP contribution in [0.25, 0.3) is 10.9 Å². The van der Waals surface area contributed by atoms with Crippen molar-refractivity contribution in [2.45, 2.75) is 12.5 Å².